The number of aliphatic hydroxyl groups is 3. The summed E-state index contributed by atoms with van der Waals surface area (Å²) >= 11 is 0. The molecule has 2 heterocycles. The van der Waals surface area contributed by atoms with Crippen LogP contribution < -0.4 is 11.2 Å². The summed E-state index contributed by atoms with van der Waals surface area (Å²) in [4.78, 5) is 25.4. The largest absolute Gasteiger partial charge is 0.394 e. The average Bonchev–Trinajstić information content (AvgIpc) is 2.77. The van der Waals surface area contributed by atoms with Crippen molar-refractivity contribution in [2.75, 3.05) is 19.8 Å². The number of aromatic nitrogens is 2. The van der Waals surface area contributed by atoms with Crippen LogP contribution in [0, 0.1) is 6.92 Å². The van der Waals surface area contributed by atoms with Crippen molar-refractivity contribution in [1.29, 1.82) is 0 Å². The van der Waals surface area contributed by atoms with Gasteiger partial charge in [0.25, 0.3) is 5.56 Å². The molecule has 0 aromatic carbocycles. The Labute approximate surface area is 119 Å². The van der Waals surface area contributed by atoms with Crippen molar-refractivity contribution in [2.24, 2.45) is 0 Å². The Morgan fingerprint density at radius 2 is 2.14 bits per heavy atom. The average molecular weight is 302 g/mol. The normalized spacial score (nSPS) is 29.0. The lowest BCUT2D eigenvalue weighted by Crippen LogP contribution is -2.40. The smallest absolute Gasteiger partial charge is 0.330 e. The maximum absolute atomic E-state index is 11.9. The summed E-state index contributed by atoms with van der Waals surface area (Å²) < 4.78 is 11.8. The van der Waals surface area contributed by atoms with E-state index in [4.69, 9.17) is 14.6 Å². The lowest BCUT2D eigenvalue weighted by molar-refractivity contribution is -0.0797. The van der Waals surface area contributed by atoms with E-state index in [-0.39, 0.29) is 13.2 Å². The molecule has 1 aromatic heterocycles. The molecule has 21 heavy (non-hydrogen) atoms. The fourth-order valence-corrected chi connectivity index (χ4v) is 2.24. The van der Waals surface area contributed by atoms with Crippen molar-refractivity contribution in [3.05, 3.63) is 32.6 Å². The van der Waals surface area contributed by atoms with Gasteiger partial charge in [0.05, 0.1) is 19.8 Å². The molecule has 118 valence electrons. The Morgan fingerprint density at radius 3 is 2.76 bits per heavy atom. The first-order valence-corrected chi connectivity index (χ1v) is 6.48. The second-order valence-electron chi connectivity index (χ2n) is 4.78. The van der Waals surface area contributed by atoms with Gasteiger partial charge in [0, 0.05) is 11.8 Å². The highest BCUT2D eigenvalue weighted by Gasteiger charge is 2.45. The van der Waals surface area contributed by atoms with E-state index in [2.05, 4.69) is 4.98 Å². The van der Waals surface area contributed by atoms with Gasteiger partial charge in [-0.15, -0.1) is 0 Å². The van der Waals surface area contributed by atoms with Gasteiger partial charge in [-0.3, -0.25) is 14.3 Å². The number of hydrogen-bond acceptors (Lipinski definition) is 7. The number of rotatable bonds is 5. The molecule has 4 N–H and O–H groups in total. The first-order chi connectivity index (χ1) is 9.99. The Balaban J connectivity index is 2.37. The number of aliphatic hydroxyl groups excluding tert-OH is 3. The van der Waals surface area contributed by atoms with Crippen LogP contribution in [0.15, 0.2) is 15.8 Å². The van der Waals surface area contributed by atoms with Gasteiger partial charge in [-0.1, -0.05) is 0 Å². The van der Waals surface area contributed by atoms with Gasteiger partial charge >= 0.3 is 5.69 Å². The molecule has 1 aromatic rings. The maximum atomic E-state index is 11.9. The summed E-state index contributed by atoms with van der Waals surface area (Å²) in [6.45, 7) is 0.747. The van der Waals surface area contributed by atoms with E-state index in [0.29, 0.717) is 5.56 Å². The summed E-state index contributed by atoms with van der Waals surface area (Å²) in [5, 5.41) is 28.0. The fraction of sp³-hybridized carbons (Fsp3) is 0.667. The minimum Gasteiger partial charge on any atom is -0.394 e. The van der Waals surface area contributed by atoms with Gasteiger partial charge in [0.1, 0.15) is 18.3 Å². The van der Waals surface area contributed by atoms with Crippen LogP contribution in [-0.4, -0.2) is 63.0 Å². The molecule has 0 radical (unpaired) electrons. The molecule has 1 aliphatic heterocycles. The predicted octanol–water partition coefficient (Wildman–Crippen LogP) is -2.53. The van der Waals surface area contributed by atoms with Gasteiger partial charge in [0.15, 0.2) is 6.23 Å². The summed E-state index contributed by atoms with van der Waals surface area (Å²) in [6.07, 6.45) is -2.74. The lowest BCUT2D eigenvalue weighted by atomic mass is 10.1. The summed E-state index contributed by atoms with van der Waals surface area (Å²) in [5.41, 5.74) is -0.929. The molecule has 9 heteroatoms. The number of hydrogen-bond donors (Lipinski definition) is 4. The van der Waals surface area contributed by atoms with Gasteiger partial charge in [0.2, 0.25) is 0 Å². The minimum absolute atomic E-state index is 0.0587. The first-order valence-electron chi connectivity index (χ1n) is 6.48. The molecule has 0 saturated carbocycles. The van der Waals surface area contributed by atoms with Crippen molar-refractivity contribution >= 4 is 0 Å². The zero-order chi connectivity index (χ0) is 15.6. The van der Waals surface area contributed by atoms with Crippen molar-refractivity contribution in [3.8, 4) is 0 Å². The number of ether oxygens (including phenoxy) is 2. The van der Waals surface area contributed by atoms with Gasteiger partial charge in [-0.2, -0.15) is 0 Å². The van der Waals surface area contributed by atoms with Crippen molar-refractivity contribution in [3.63, 3.8) is 0 Å². The predicted molar refractivity (Wildman–Crippen MR) is 69.9 cm³/mol. The van der Waals surface area contributed by atoms with E-state index in [0.717, 1.165) is 4.57 Å². The topological polar surface area (TPSA) is 134 Å². The molecular weight excluding hydrogens is 284 g/mol. The molecule has 9 nitrogen and oxygen atoms in total. The van der Waals surface area contributed by atoms with E-state index >= 15 is 0 Å². The van der Waals surface area contributed by atoms with Crippen LogP contribution in [0.25, 0.3) is 0 Å². The highest BCUT2D eigenvalue weighted by molar-refractivity contribution is 5.03. The van der Waals surface area contributed by atoms with Gasteiger partial charge in [-0.25, -0.2) is 4.79 Å². The molecule has 1 fully saturated rings. The van der Waals surface area contributed by atoms with Crippen LogP contribution in [0.2, 0.25) is 0 Å². The number of aryl methyl sites for hydroxylation is 1. The van der Waals surface area contributed by atoms with Crippen LogP contribution in [-0.2, 0) is 9.47 Å². The van der Waals surface area contributed by atoms with Crippen LogP contribution in [0.3, 0.4) is 0 Å². The lowest BCUT2D eigenvalue weighted by Gasteiger charge is -2.22. The second-order valence-corrected chi connectivity index (χ2v) is 4.78. The zero-order valence-corrected chi connectivity index (χ0v) is 11.4. The Morgan fingerprint density at radius 1 is 1.43 bits per heavy atom. The second kappa shape index (κ2) is 6.50. The Kier molecular flexibility index (Phi) is 4.91. The Hall–Kier alpha value is -1.52. The van der Waals surface area contributed by atoms with Gasteiger partial charge < -0.3 is 24.8 Å². The molecule has 0 aliphatic carbocycles. The Bertz CT molecular complexity index is 596. The molecule has 0 unspecified atom stereocenters. The third kappa shape index (κ3) is 3.06. The van der Waals surface area contributed by atoms with Gasteiger partial charge in [-0.05, 0) is 6.92 Å². The van der Waals surface area contributed by atoms with E-state index in [9.17, 15) is 19.8 Å². The molecule has 4 atom stereocenters. The summed E-state index contributed by atoms with van der Waals surface area (Å²) in [7, 11) is 0. The number of aromatic amines is 1. The van der Waals surface area contributed by atoms with Crippen LogP contribution in [0.5, 0.6) is 0 Å². The minimum atomic E-state index is -1.16. The van der Waals surface area contributed by atoms with E-state index in [1.54, 1.807) is 0 Å². The summed E-state index contributed by atoms with van der Waals surface area (Å²) in [5.74, 6) is 0. The standard InChI is InChI=1S/C12H18N2O7/c1-6-4-14(12(19)13-10(6)18)11-9(20-3-2-15)8(17)7(5-16)21-11/h4,7-9,11,15-17H,2-3,5H2,1H3,(H,13,18,19)/t7-,8-,9-,11-/m1/s1. The third-order valence-corrected chi connectivity index (χ3v) is 3.31. The number of nitrogens with one attached hydrogen (secondary N) is 1. The first kappa shape index (κ1) is 15.9. The van der Waals surface area contributed by atoms with Crippen molar-refractivity contribution in [1.82, 2.24) is 9.55 Å². The van der Waals surface area contributed by atoms with Crippen LogP contribution in [0.1, 0.15) is 11.8 Å². The number of H-pyrrole nitrogens is 1. The van der Waals surface area contributed by atoms with Crippen LogP contribution in [0.4, 0.5) is 0 Å². The SMILES string of the molecule is Cc1cn([C@@H]2O[C@H](CO)[C@@H](O)[C@H]2OCCO)c(=O)[nH]c1=O. The van der Waals surface area contributed by atoms with Crippen molar-refractivity contribution in [2.45, 2.75) is 31.5 Å². The molecular formula is C12H18N2O7. The van der Waals surface area contributed by atoms with E-state index < -0.39 is 42.4 Å². The molecule has 1 saturated heterocycles. The number of nitrogens with zero attached hydrogens (tertiary/aromatic N) is 1. The van der Waals surface area contributed by atoms with E-state index in [1.165, 1.54) is 13.1 Å². The fourth-order valence-electron chi connectivity index (χ4n) is 2.24. The van der Waals surface area contributed by atoms with E-state index in [1.807, 2.05) is 0 Å². The zero-order valence-electron chi connectivity index (χ0n) is 11.4. The highest BCUT2D eigenvalue weighted by Crippen LogP contribution is 2.30. The molecule has 0 spiro atoms. The molecule has 1 aliphatic rings. The molecule has 0 amide bonds. The quantitative estimate of drug-likeness (QED) is 0.471. The maximum Gasteiger partial charge on any atom is 0.330 e. The third-order valence-electron chi connectivity index (χ3n) is 3.31. The molecule has 2 rings (SSSR count). The monoisotopic (exact) mass is 302 g/mol. The van der Waals surface area contributed by atoms with Crippen LogP contribution >= 0.6 is 0 Å². The molecule has 0 bridgehead atoms. The van der Waals surface area contributed by atoms with Crippen molar-refractivity contribution < 1.29 is 24.8 Å². The highest BCUT2D eigenvalue weighted by atomic mass is 16.6. The summed E-state index contributed by atoms with van der Waals surface area (Å²) in [6, 6.07) is 0.